The minimum absolute atomic E-state index is 0.0654. The smallest absolute Gasteiger partial charge is 0.446 e. The summed E-state index contributed by atoms with van der Waals surface area (Å²) in [5.74, 6) is -0.388. The van der Waals surface area contributed by atoms with E-state index in [9.17, 15) is 31.5 Å². The number of halogens is 3. The topological polar surface area (TPSA) is 106 Å². The Labute approximate surface area is 205 Å². The summed E-state index contributed by atoms with van der Waals surface area (Å²) in [7, 11) is -3.86. The molecule has 0 saturated heterocycles. The van der Waals surface area contributed by atoms with Crippen molar-refractivity contribution in [1.82, 2.24) is 14.1 Å². The van der Waals surface area contributed by atoms with E-state index in [2.05, 4.69) is 9.71 Å². The van der Waals surface area contributed by atoms with E-state index < -0.39 is 21.2 Å². The monoisotopic (exact) mass is 542 g/mol. The van der Waals surface area contributed by atoms with Crippen molar-refractivity contribution in [2.24, 2.45) is 0 Å². The summed E-state index contributed by atoms with van der Waals surface area (Å²) in [6.45, 7) is 1.40. The zero-order valence-corrected chi connectivity index (χ0v) is 20.3. The summed E-state index contributed by atoms with van der Waals surface area (Å²) in [5, 5.41) is 12.2. The lowest BCUT2D eigenvalue weighted by Gasteiger charge is -2.12. The van der Waals surface area contributed by atoms with Crippen LogP contribution in [0.2, 0.25) is 0 Å². The normalized spacial score (nSPS) is 12.1. The highest BCUT2D eigenvalue weighted by Crippen LogP contribution is 2.37. The van der Waals surface area contributed by atoms with Crippen LogP contribution in [0.25, 0.3) is 5.69 Å². The number of hydrogen-bond acceptors (Lipinski definition) is 7. The van der Waals surface area contributed by atoms with Gasteiger partial charge in [0.15, 0.2) is 0 Å². The molecule has 4 rings (SSSR count). The van der Waals surface area contributed by atoms with Crippen molar-refractivity contribution in [3.63, 3.8) is 0 Å². The summed E-state index contributed by atoms with van der Waals surface area (Å²) in [6.07, 6.45) is 2.75. The van der Waals surface area contributed by atoms with Gasteiger partial charge in [-0.25, -0.2) is 17.8 Å². The average Bonchev–Trinajstić information content (AvgIpc) is 3.40. The number of nitrogens with zero attached hydrogens (tertiary/aromatic N) is 3. The Kier molecular flexibility index (Phi) is 6.71. The van der Waals surface area contributed by atoms with Crippen LogP contribution in [-0.2, 0) is 16.6 Å². The van der Waals surface area contributed by atoms with Gasteiger partial charge < -0.3 is 5.11 Å². The van der Waals surface area contributed by atoms with Gasteiger partial charge in [0.05, 0.1) is 29.8 Å². The summed E-state index contributed by atoms with van der Waals surface area (Å²) < 4.78 is 67.8. The molecular weight excluding hydrogens is 525 g/mol. The molecule has 3 aromatic heterocycles. The molecule has 0 spiro atoms. The highest BCUT2D eigenvalue weighted by atomic mass is 32.2. The maximum atomic E-state index is 13.1. The fraction of sp³-hybridized carbons (Fsp3) is 0.143. The Balaban J connectivity index is 1.66. The molecular formula is C21H17F3N4O4S3. The maximum Gasteiger partial charge on any atom is 0.446 e. The third-order valence-electron chi connectivity index (χ3n) is 4.94. The number of anilines is 1. The number of thioether (sulfide) groups is 1. The average molecular weight is 543 g/mol. The van der Waals surface area contributed by atoms with Crippen LogP contribution in [0, 0.1) is 6.92 Å². The number of pyridine rings is 1. The number of nitrogens with one attached hydrogen (secondary N) is 1. The molecule has 184 valence electrons. The van der Waals surface area contributed by atoms with Gasteiger partial charge in [-0.15, -0.1) is 11.3 Å². The van der Waals surface area contributed by atoms with Crippen LogP contribution >= 0.6 is 23.1 Å². The van der Waals surface area contributed by atoms with Gasteiger partial charge in [0.1, 0.15) is 4.21 Å². The summed E-state index contributed by atoms with van der Waals surface area (Å²) in [5.41, 5.74) is -4.16. The lowest BCUT2D eigenvalue weighted by molar-refractivity contribution is -0.0328. The van der Waals surface area contributed by atoms with Gasteiger partial charge in [-0.2, -0.15) is 13.2 Å². The molecule has 0 unspecified atom stereocenters. The largest absolute Gasteiger partial charge is 0.493 e. The van der Waals surface area contributed by atoms with Crippen LogP contribution in [0.3, 0.4) is 0 Å². The van der Waals surface area contributed by atoms with Crippen molar-refractivity contribution >= 4 is 38.8 Å². The van der Waals surface area contributed by atoms with Gasteiger partial charge in [-0.3, -0.25) is 14.3 Å². The van der Waals surface area contributed by atoms with Gasteiger partial charge in [0.2, 0.25) is 5.88 Å². The van der Waals surface area contributed by atoms with Crippen LogP contribution in [-0.4, -0.2) is 33.2 Å². The third kappa shape index (κ3) is 5.39. The molecule has 3 heterocycles. The van der Waals surface area contributed by atoms with Crippen LogP contribution in [0.1, 0.15) is 11.3 Å². The van der Waals surface area contributed by atoms with Crippen molar-refractivity contribution in [2.45, 2.75) is 28.1 Å². The molecule has 0 amide bonds. The van der Waals surface area contributed by atoms with E-state index in [1.807, 2.05) is 0 Å². The van der Waals surface area contributed by atoms with Crippen LogP contribution in [0.5, 0.6) is 5.88 Å². The molecule has 0 radical (unpaired) electrons. The number of alkyl halides is 3. The van der Waals surface area contributed by atoms with E-state index in [1.54, 1.807) is 11.4 Å². The van der Waals surface area contributed by atoms with Gasteiger partial charge in [-0.05, 0) is 66.0 Å². The lowest BCUT2D eigenvalue weighted by atomic mass is 10.2. The molecule has 0 atom stereocenters. The first-order valence-corrected chi connectivity index (χ1v) is 13.0. The molecule has 0 aliphatic carbocycles. The first-order valence-electron chi connectivity index (χ1n) is 9.83. The molecule has 8 nitrogen and oxygen atoms in total. The molecule has 2 N–H and O–H groups in total. The number of benzene rings is 1. The van der Waals surface area contributed by atoms with E-state index in [4.69, 9.17) is 0 Å². The predicted octanol–water partition coefficient (Wildman–Crippen LogP) is 4.57. The quantitative estimate of drug-likeness (QED) is 0.332. The second kappa shape index (κ2) is 9.43. The minimum Gasteiger partial charge on any atom is -0.493 e. The Morgan fingerprint density at radius 3 is 2.51 bits per heavy atom. The SMILES string of the molecule is Cc1c(O)n(-c2ccc(SC(F)(F)F)cc2)c(=O)n1Cc1ccncc1NS(=O)(=O)c1cccs1. The Morgan fingerprint density at radius 2 is 1.89 bits per heavy atom. The van der Waals surface area contributed by atoms with Crippen molar-refractivity contribution in [3.05, 3.63) is 82.0 Å². The van der Waals surface area contributed by atoms with Crippen LogP contribution in [0.4, 0.5) is 18.9 Å². The molecule has 0 fully saturated rings. The number of aromatic hydroxyl groups is 1. The molecule has 0 saturated carbocycles. The number of hydrogen-bond donors (Lipinski definition) is 2. The Hall–Kier alpha value is -3.23. The first kappa shape index (κ1) is 24.9. The molecule has 4 aromatic rings. The van der Waals surface area contributed by atoms with Crippen molar-refractivity contribution in [1.29, 1.82) is 0 Å². The van der Waals surface area contributed by atoms with Gasteiger partial charge in [0.25, 0.3) is 10.0 Å². The number of thiophene rings is 1. The molecule has 35 heavy (non-hydrogen) atoms. The minimum atomic E-state index is -4.45. The second-order valence-corrected chi connectivity index (χ2v) is 11.2. The Bertz CT molecular complexity index is 1510. The molecule has 0 aliphatic rings. The van der Waals surface area contributed by atoms with E-state index >= 15 is 0 Å². The zero-order valence-electron chi connectivity index (χ0n) is 17.9. The van der Waals surface area contributed by atoms with Gasteiger partial charge >= 0.3 is 11.2 Å². The predicted molar refractivity (Wildman–Crippen MR) is 127 cm³/mol. The van der Waals surface area contributed by atoms with Crippen molar-refractivity contribution in [3.8, 4) is 11.6 Å². The fourth-order valence-corrected chi connectivity index (χ4v) is 5.91. The molecule has 1 aromatic carbocycles. The summed E-state index contributed by atoms with van der Waals surface area (Å²) in [6, 6.07) is 9.59. The summed E-state index contributed by atoms with van der Waals surface area (Å²) >= 11 is 0.756. The van der Waals surface area contributed by atoms with Gasteiger partial charge in [0, 0.05) is 11.1 Å². The second-order valence-electron chi connectivity index (χ2n) is 7.23. The number of aromatic nitrogens is 3. The lowest BCUT2D eigenvalue weighted by Crippen LogP contribution is -2.25. The summed E-state index contributed by atoms with van der Waals surface area (Å²) in [4.78, 5) is 17.0. The van der Waals surface area contributed by atoms with E-state index in [0.717, 1.165) is 15.9 Å². The van der Waals surface area contributed by atoms with Crippen molar-refractivity contribution < 1.29 is 26.7 Å². The van der Waals surface area contributed by atoms with Crippen LogP contribution < -0.4 is 10.4 Å². The fourth-order valence-electron chi connectivity index (χ4n) is 3.29. The van der Waals surface area contributed by atoms with E-state index in [1.165, 1.54) is 60.3 Å². The number of rotatable bonds is 7. The Morgan fingerprint density at radius 1 is 1.17 bits per heavy atom. The first-order chi connectivity index (χ1) is 16.5. The third-order valence-corrected chi connectivity index (χ3v) is 8.44. The maximum absolute atomic E-state index is 13.1. The molecule has 14 heteroatoms. The molecule has 0 bridgehead atoms. The van der Waals surface area contributed by atoms with Crippen molar-refractivity contribution in [2.75, 3.05) is 4.72 Å². The number of sulfonamides is 1. The standard InChI is InChI=1S/C21H17F3N4O4S3/c1-13-19(29)28(15-4-6-16(7-5-15)34-21(22,23)24)20(30)27(13)12-14-8-9-25-11-17(14)26-35(31,32)18-3-2-10-33-18/h2-11,26,29H,12H2,1H3. The highest BCUT2D eigenvalue weighted by Gasteiger charge is 2.29. The van der Waals surface area contributed by atoms with E-state index in [0.29, 0.717) is 5.56 Å². The molecule has 0 aliphatic heterocycles. The number of imidazole rings is 1. The highest BCUT2D eigenvalue weighted by molar-refractivity contribution is 8.00. The van der Waals surface area contributed by atoms with Gasteiger partial charge in [-0.1, -0.05) is 6.07 Å². The van der Waals surface area contributed by atoms with Crippen LogP contribution in [0.15, 0.2) is 74.1 Å². The zero-order chi connectivity index (χ0) is 25.4. The van der Waals surface area contributed by atoms with E-state index in [-0.39, 0.29) is 50.4 Å².